The number of hydrogen-bond donors (Lipinski definition) is 2. The van der Waals surface area contributed by atoms with Crippen LogP contribution in [-0.4, -0.2) is 31.7 Å². The fourth-order valence-corrected chi connectivity index (χ4v) is 4.51. The molecule has 30 heavy (non-hydrogen) atoms. The van der Waals surface area contributed by atoms with E-state index in [1.54, 1.807) is 0 Å². The minimum atomic E-state index is -4.60. The summed E-state index contributed by atoms with van der Waals surface area (Å²) >= 11 is 5.68. The highest BCUT2D eigenvalue weighted by atomic mass is 35.5. The van der Waals surface area contributed by atoms with Crippen molar-refractivity contribution in [3.05, 3.63) is 64.4 Å². The summed E-state index contributed by atoms with van der Waals surface area (Å²) in [5.41, 5.74) is -0.712. The normalized spacial score (nSPS) is 21.9. The van der Waals surface area contributed by atoms with E-state index in [1.807, 2.05) is 0 Å². The fourth-order valence-electron chi connectivity index (χ4n) is 3.06. The largest absolute Gasteiger partial charge is 0.416 e. The van der Waals surface area contributed by atoms with E-state index in [2.05, 4.69) is 10.0 Å². The zero-order valence-corrected chi connectivity index (χ0v) is 16.9. The van der Waals surface area contributed by atoms with Gasteiger partial charge in [0.15, 0.2) is 0 Å². The van der Waals surface area contributed by atoms with E-state index in [0.717, 1.165) is 28.6 Å². The highest BCUT2D eigenvalue weighted by Gasteiger charge is 2.41. The second-order valence-corrected chi connectivity index (χ2v) is 8.85. The zero-order valence-electron chi connectivity index (χ0n) is 15.4. The van der Waals surface area contributed by atoms with Crippen LogP contribution in [0.4, 0.5) is 23.2 Å². The Bertz CT molecular complexity index is 1080. The topological polar surface area (TPSA) is 78.5 Å². The first-order valence-electron chi connectivity index (χ1n) is 8.57. The maximum Gasteiger partial charge on any atom is 0.416 e. The standard InChI is InChI=1S/C18H16ClF4N3O3S/c1-26-16(17(27)24-12-5-6-14(20)13(19)8-12)9-15(25-30(26,28)29)10-3-2-4-11(7-10)18(21,22)23/h2-8,15-16,25H,9H2,1H3,(H,24,27)/t15-,16+/m1/s1. The van der Waals surface area contributed by atoms with E-state index < -0.39 is 45.8 Å². The third-order valence-corrected chi connectivity index (χ3v) is 6.56. The number of amides is 1. The molecule has 6 nitrogen and oxygen atoms in total. The minimum Gasteiger partial charge on any atom is -0.325 e. The van der Waals surface area contributed by atoms with Gasteiger partial charge in [0.1, 0.15) is 11.9 Å². The summed E-state index contributed by atoms with van der Waals surface area (Å²) in [6, 6.07) is 5.39. The molecular weight excluding hydrogens is 450 g/mol. The van der Waals surface area contributed by atoms with Crippen LogP contribution in [0.1, 0.15) is 23.6 Å². The van der Waals surface area contributed by atoms with Crippen molar-refractivity contribution in [3.8, 4) is 0 Å². The highest BCUT2D eigenvalue weighted by molar-refractivity contribution is 7.87. The summed E-state index contributed by atoms with van der Waals surface area (Å²) in [4.78, 5) is 12.7. The number of benzene rings is 2. The molecule has 1 amide bonds. The summed E-state index contributed by atoms with van der Waals surface area (Å²) in [5, 5.41) is 2.22. The number of likely N-dealkylation sites (N-methyl/N-ethyl adjacent to an activating group) is 1. The number of hydrogen-bond acceptors (Lipinski definition) is 3. The fraction of sp³-hybridized carbons (Fsp3) is 0.278. The third-order valence-electron chi connectivity index (χ3n) is 4.67. The van der Waals surface area contributed by atoms with Gasteiger partial charge >= 0.3 is 6.18 Å². The Hall–Kier alpha value is -2.21. The van der Waals surface area contributed by atoms with Crippen molar-refractivity contribution < 1.29 is 30.8 Å². The Morgan fingerprint density at radius 3 is 2.57 bits per heavy atom. The van der Waals surface area contributed by atoms with Crippen LogP contribution < -0.4 is 10.0 Å². The molecule has 2 atom stereocenters. The molecule has 1 fully saturated rings. The number of anilines is 1. The predicted octanol–water partition coefficient (Wildman–Crippen LogP) is 3.72. The maximum atomic E-state index is 13.3. The first-order chi connectivity index (χ1) is 13.9. The molecule has 0 radical (unpaired) electrons. The lowest BCUT2D eigenvalue weighted by Crippen LogP contribution is -2.55. The van der Waals surface area contributed by atoms with Crippen LogP contribution in [0.25, 0.3) is 0 Å². The van der Waals surface area contributed by atoms with Crippen LogP contribution in [0.5, 0.6) is 0 Å². The first-order valence-corrected chi connectivity index (χ1v) is 10.4. The lowest BCUT2D eigenvalue weighted by molar-refractivity contribution is -0.137. The average Bonchev–Trinajstić information content (AvgIpc) is 2.66. The molecule has 2 N–H and O–H groups in total. The monoisotopic (exact) mass is 465 g/mol. The van der Waals surface area contributed by atoms with Crippen molar-refractivity contribution >= 4 is 33.4 Å². The van der Waals surface area contributed by atoms with Gasteiger partial charge < -0.3 is 5.32 Å². The van der Waals surface area contributed by atoms with E-state index >= 15 is 0 Å². The average molecular weight is 466 g/mol. The summed E-state index contributed by atoms with van der Waals surface area (Å²) in [7, 11) is -2.98. The van der Waals surface area contributed by atoms with Crippen molar-refractivity contribution in [2.45, 2.75) is 24.7 Å². The Balaban J connectivity index is 1.88. The molecule has 1 heterocycles. The molecule has 0 bridgehead atoms. The Morgan fingerprint density at radius 1 is 1.23 bits per heavy atom. The Morgan fingerprint density at radius 2 is 1.93 bits per heavy atom. The Kier molecular flexibility index (Phi) is 6.10. The quantitative estimate of drug-likeness (QED) is 0.678. The van der Waals surface area contributed by atoms with Crippen molar-refractivity contribution in [1.29, 1.82) is 0 Å². The zero-order chi connectivity index (χ0) is 22.3. The van der Waals surface area contributed by atoms with Gasteiger partial charge in [0, 0.05) is 18.8 Å². The molecular formula is C18H16ClF4N3O3S. The maximum absolute atomic E-state index is 13.3. The van der Waals surface area contributed by atoms with Crippen molar-refractivity contribution in [2.24, 2.45) is 0 Å². The number of alkyl halides is 3. The second-order valence-electron chi connectivity index (χ2n) is 6.68. The molecule has 0 aromatic heterocycles. The minimum absolute atomic E-state index is 0.0733. The lowest BCUT2D eigenvalue weighted by atomic mass is 9.97. The van der Waals surface area contributed by atoms with E-state index in [1.165, 1.54) is 25.2 Å². The molecule has 0 unspecified atom stereocenters. The van der Waals surface area contributed by atoms with E-state index in [4.69, 9.17) is 11.6 Å². The second kappa shape index (κ2) is 8.14. The third kappa shape index (κ3) is 4.75. The van der Waals surface area contributed by atoms with Gasteiger partial charge in [-0.1, -0.05) is 23.7 Å². The van der Waals surface area contributed by atoms with Gasteiger partial charge in [0.2, 0.25) is 5.91 Å². The van der Waals surface area contributed by atoms with Crippen molar-refractivity contribution in [3.63, 3.8) is 0 Å². The van der Waals surface area contributed by atoms with Crippen LogP contribution in [0.15, 0.2) is 42.5 Å². The van der Waals surface area contributed by atoms with Gasteiger partial charge in [0.05, 0.1) is 10.6 Å². The molecule has 3 rings (SSSR count). The first kappa shape index (κ1) is 22.5. The number of halogens is 5. The number of nitrogens with one attached hydrogen (secondary N) is 2. The van der Waals surface area contributed by atoms with Gasteiger partial charge in [-0.15, -0.1) is 0 Å². The molecule has 2 aromatic rings. The van der Waals surface area contributed by atoms with Crippen LogP contribution in [0.3, 0.4) is 0 Å². The summed E-state index contributed by atoms with van der Waals surface area (Å²) < 4.78 is 80.3. The smallest absolute Gasteiger partial charge is 0.325 e. The summed E-state index contributed by atoms with van der Waals surface area (Å²) in [6.07, 6.45) is -4.73. The number of carbonyl (C=O) groups excluding carboxylic acids is 1. The van der Waals surface area contributed by atoms with Gasteiger partial charge in [0.25, 0.3) is 10.2 Å². The van der Waals surface area contributed by atoms with Crippen LogP contribution in [0.2, 0.25) is 5.02 Å². The number of carbonyl (C=O) groups is 1. The molecule has 1 saturated heterocycles. The molecule has 0 spiro atoms. The van der Waals surface area contributed by atoms with Crippen molar-refractivity contribution in [1.82, 2.24) is 9.03 Å². The molecule has 0 aliphatic carbocycles. The van der Waals surface area contributed by atoms with Crippen molar-refractivity contribution in [2.75, 3.05) is 12.4 Å². The van der Waals surface area contributed by atoms with Crippen LogP contribution in [0, 0.1) is 5.82 Å². The molecule has 162 valence electrons. The summed E-state index contributed by atoms with van der Waals surface area (Å²) in [5.74, 6) is -1.43. The molecule has 2 aromatic carbocycles. The van der Waals surface area contributed by atoms with Crippen LogP contribution in [-0.2, 0) is 21.2 Å². The molecule has 0 saturated carbocycles. The van der Waals surface area contributed by atoms with E-state index in [0.29, 0.717) is 0 Å². The Labute approximate surface area is 175 Å². The van der Waals surface area contributed by atoms with E-state index in [9.17, 15) is 30.8 Å². The highest BCUT2D eigenvalue weighted by Crippen LogP contribution is 2.34. The molecule has 1 aliphatic rings. The number of nitrogens with zero attached hydrogens (tertiary/aromatic N) is 1. The predicted molar refractivity (Wildman–Crippen MR) is 102 cm³/mol. The van der Waals surface area contributed by atoms with Gasteiger partial charge in [-0.3, -0.25) is 4.79 Å². The molecule has 1 aliphatic heterocycles. The van der Waals surface area contributed by atoms with Gasteiger partial charge in [-0.25, -0.2) is 4.39 Å². The van der Waals surface area contributed by atoms with Crippen LogP contribution >= 0.6 is 11.6 Å². The lowest BCUT2D eigenvalue weighted by Gasteiger charge is -2.36. The van der Waals surface area contributed by atoms with E-state index in [-0.39, 0.29) is 22.7 Å². The number of rotatable bonds is 3. The molecule has 12 heteroatoms. The van der Waals surface area contributed by atoms with Gasteiger partial charge in [-0.2, -0.15) is 30.6 Å². The summed E-state index contributed by atoms with van der Waals surface area (Å²) in [6.45, 7) is 0. The SMILES string of the molecule is CN1[C@H](C(=O)Nc2ccc(F)c(Cl)c2)C[C@H](c2cccc(C(F)(F)F)c2)NS1(=O)=O. The van der Waals surface area contributed by atoms with Gasteiger partial charge in [-0.05, 0) is 42.3 Å².